The van der Waals surface area contributed by atoms with Gasteiger partial charge in [-0.1, -0.05) is 61.9 Å². The van der Waals surface area contributed by atoms with E-state index in [0.29, 0.717) is 12.8 Å². The summed E-state index contributed by atoms with van der Waals surface area (Å²) in [5.41, 5.74) is 4.48. The molecular formula is C23H26N2O5. The second kappa shape index (κ2) is 9.43. The average Bonchev–Trinajstić information content (AvgIpc) is 3.05. The normalized spacial score (nSPS) is 13.1. The Morgan fingerprint density at radius 2 is 1.63 bits per heavy atom. The highest BCUT2D eigenvalue weighted by molar-refractivity contribution is 5.88. The number of benzene rings is 2. The van der Waals surface area contributed by atoms with Gasteiger partial charge in [-0.3, -0.25) is 9.59 Å². The van der Waals surface area contributed by atoms with Crippen LogP contribution in [0.1, 0.15) is 36.8 Å². The van der Waals surface area contributed by atoms with Crippen molar-refractivity contribution in [3.63, 3.8) is 0 Å². The summed E-state index contributed by atoms with van der Waals surface area (Å²) in [6.45, 7) is 1.61. The maximum Gasteiger partial charge on any atom is 0.407 e. The molecule has 2 aromatic rings. The molecule has 7 nitrogen and oxygen atoms in total. The Morgan fingerprint density at radius 1 is 1.07 bits per heavy atom. The summed E-state index contributed by atoms with van der Waals surface area (Å²) in [6.07, 6.45) is 0.362. The Hall–Kier alpha value is -3.35. The van der Waals surface area contributed by atoms with Crippen molar-refractivity contribution in [3.05, 3.63) is 59.7 Å². The van der Waals surface area contributed by atoms with Gasteiger partial charge >= 0.3 is 12.1 Å². The number of fused-ring (bicyclic) bond motifs is 3. The van der Waals surface area contributed by atoms with Crippen molar-refractivity contribution in [2.75, 3.05) is 20.2 Å². The van der Waals surface area contributed by atoms with Crippen molar-refractivity contribution >= 4 is 18.0 Å². The molecule has 0 saturated carbocycles. The fraction of sp³-hybridized carbons (Fsp3) is 0.348. The lowest BCUT2D eigenvalue weighted by atomic mass is 9.98. The lowest BCUT2D eigenvalue weighted by molar-refractivity contribution is -0.144. The van der Waals surface area contributed by atoms with Crippen molar-refractivity contribution in [2.24, 2.45) is 0 Å². The lowest BCUT2D eigenvalue weighted by Gasteiger charge is -2.23. The molecule has 158 valence electrons. The van der Waals surface area contributed by atoms with Crippen molar-refractivity contribution in [1.82, 2.24) is 10.2 Å². The predicted octanol–water partition coefficient (Wildman–Crippen LogP) is 3.24. The molecule has 0 saturated heterocycles. The number of nitrogens with zero attached hydrogens (tertiary/aromatic N) is 1. The molecule has 0 spiro atoms. The van der Waals surface area contributed by atoms with Gasteiger partial charge in [-0.25, -0.2) is 4.79 Å². The van der Waals surface area contributed by atoms with Crippen molar-refractivity contribution in [2.45, 2.75) is 31.7 Å². The van der Waals surface area contributed by atoms with Crippen LogP contribution in [0.2, 0.25) is 0 Å². The van der Waals surface area contributed by atoms with Gasteiger partial charge in [0.25, 0.3) is 0 Å². The van der Waals surface area contributed by atoms with Crippen LogP contribution in [0.15, 0.2) is 48.5 Å². The molecule has 0 fully saturated rings. The maximum atomic E-state index is 12.5. The molecule has 1 aliphatic carbocycles. The zero-order valence-corrected chi connectivity index (χ0v) is 17.1. The number of carboxylic acids is 1. The van der Waals surface area contributed by atoms with Crippen molar-refractivity contribution in [1.29, 1.82) is 0 Å². The van der Waals surface area contributed by atoms with Crippen LogP contribution in [-0.2, 0) is 14.3 Å². The molecule has 30 heavy (non-hydrogen) atoms. The largest absolute Gasteiger partial charge is 0.480 e. The molecule has 0 bridgehead atoms. The fourth-order valence-corrected chi connectivity index (χ4v) is 3.88. The van der Waals surface area contributed by atoms with E-state index in [1.54, 1.807) is 0 Å². The zero-order valence-electron chi connectivity index (χ0n) is 17.1. The smallest absolute Gasteiger partial charge is 0.407 e. The molecule has 2 N–H and O–H groups in total. The Kier molecular flexibility index (Phi) is 6.72. The van der Waals surface area contributed by atoms with Gasteiger partial charge in [0.2, 0.25) is 5.91 Å². The number of ether oxygens (including phenoxy) is 1. The summed E-state index contributed by atoms with van der Waals surface area (Å²) in [6, 6.07) is 15.3. The number of carbonyl (C=O) groups is 3. The topological polar surface area (TPSA) is 95.9 Å². The Balaban J connectivity index is 1.66. The van der Waals surface area contributed by atoms with Gasteiger partial charge in [-0.05, 0) is 28.7 Å². The summed E-state index contributed by atoms with van der Waals surface area (Å²) >= 11 is 0. The highest BCUT2D eigenvalue weighted by atomic mass is 16.5. The molecule has 1 aliphatic rings. The Labute approximate surface area is 175 Å². The van der Waals surface area contributed by atoms with Crippen LogP contribution in [0.3, 0.4) is 0 Å². The van der Waals surface area contributed by atoms with Crippen LogP contribution < -0.4 is 5.32 Å². The summed E-state index contributed by atoms with van der Waals surface area (Å²) in [5, 5.41) is 11.5. The SMILES string of the molecule is CCC[C@H](NC(=O)OCC1c2ccccc2-c2ccccc21)C(=O)N(C)CC(=O)O. The first kappa shape index (κ1) is 21.4. The van der Waals surface area contributed by atoms with Gasteiger partial charge in [-0.15, -0.1) is 0 Å². The molecule has 3 rings (SSSR count). The Morgan fingerprint density at radius 3 is 2.17 bits per heavy atom. The fourth-order valence-electron chi connectivity index (χ4n) is 3.88. The number of carboxylic acid groups (broad SMARTS) is 1. The zero-order chi connectivity index (χ0) is 21.7. The second-order valence-corrected chi connectivity index (χ2v) is 7.40. The molecule has 7 heteroatoms. The maximum absolute atomic E-state index is 12.5. The first-order valence-electron chi connectivity index (χ1n) is 10.0. The molecule has 2 aromatic carbocycles. The van der Waals surface area contributed by atoms with Gasteiger partial charge in [0, 0.05) is 13.0 Å². The summed E-state index contributed by atoms with van der Waals surface area (Å²) < 4.78 is 5.49. The van der Waals surface area contributed by atoms with E-state index in [1.165, 1.54) is 7.05 Å². The van der Waals surface area contributed by atoms with Crippen LogP contribution in [-0.4, -0.2) is 54.2 Å². The van der Waals surface area contributed by atoms with E-state index in [9.17, 15) is 14.4 Å². The standard InChI is InChI=1S/C23H26N2O5/c1-3-8-20(22(28)25(2)13-21(26)27)24-23(29)30-14-19-17-11-6-4-9-15(17)16-10-5-7-12-18(16)19/h4-7,9-12,19-20H,3,8,13-14H2,1-2H3,(H,24,29)(H,26,27)/t20-/m0/s1. The van der Waals surface area contributed by atoms with Crippen LogP contribution in [0.4, 0.5) is 4.79 Å². The highest BCUT2D eigenvalue weighted by Gasteiger charge is 2.30. The first-order chi connectivity index (χ1) is 14.4. The van der Waals surface area contributed by atoms with E-state index >= 15 is 0 Å². The molecule has 1 atom stereocenters. The summed E-state index contributed by atoms with van der Waals surface area (Å²) in [7, 11) is 1.40. The molecular weight excluding hydrogens is 384 g/mol. The minimum Gasteiger partial charge on any atom is -0.480 e. The van der Waals surface area contributed by atoms with Crippen molar-refractivity contribution in [3.8, 4) is 11.1 Å². The number of hydrogen-bond donors (Lipinski definition) is 2. The van der Waals surface area contributed by atoms with E-state index in [2.05, 4.69) is 17.4 Å². The van der Waals surface area contributed by atoms with Gasteiger partial charge < -0.3 is 20.1 Å². The number of hydrogen-bond acceptors (Lipinski definition) is 4. The van der Waals surface area contributed by atoms with E-state index in [4.69, 9.17) is 9.84 Å². The van der Waals surface area contributed by atoms with Crippen LogP contribution >= 0.6 is 0 Å². The first-order valence-corrected chi connectivity index (χ1v) is 10.0. The third-order valence-corrected chi connectivity index (χ3v) is 5.26. The van der Waals surface area contributed by atoms with E-state index in [0.717, 1.165) is 27.2 Å². The van der Waals surface area contributed by atoms with Gasteiger partial charge in [0.05, 0.1) is 0 Å². The number of aliphatic carboxylic acids is 1. The van der Waals surface area contributed by atoms with E-state index in [1.807, 2.05) is 43.3 Å². The van der Waals surface area contributed by atoms with Gasteiger partial charge in [0.1, 0.15) is 19.2 Å². The minimum atomic E-state index is -1.11. The number of likely N-dealkylation sites (N-methyl/N-ethyl adjacent to an activating group) is 1. The number of nitrogens with one attached hydrogen (secondary N) is 1. The van der Waals surface area contributed by atoms with Crippen LogP contribution in [0, 0.1) is 0 Å². The number of amides is 2. The van der Waals surface area contributed by atoms with Crippen LogP contribution in [0.25, 0.3) is 11.1 Å². The third kappa shape index (κ3) is 4.62. The molecule has 0 radical (unpaired) electrons. The summed E-state index contributed by atoms with van der Waals surface area (Å²) in [4.78, 5) is 36.9. The number of alkyl carbamates (subject to hydrolysis) is 1. The van der Waals surface area contributed by atoms with Gasteiger partial charge in [-0.2, -0.15) is 0 Å². The molecule has 0 aliphatic heterocycles. The molecule has 2 amide bonds. The van der Waals surface area contributed by atoms with Crippen LogP contribution in [0.5, 0.6) is 0 Å². The summed E-state index contributed by atoms with van der Waals surface area (Å²) in [5.74, 6) is -1.63. The second-order valence-electron chi connectivity index (χ2n) is 7.40. The highest BCUT2D eigenvalue weighted by Crippen LogP contribution is 2.44. The molecule has 0 aromatic heterocycles. The Bertz CT molecular complexity index is 897. The number of carbonyl (C=O) groups excluding carboxylic acids is 2. The number of rotatable bonds is 8. The van der Waals surface area contributed by atoms with Crippen molar-refractivity contribution < 1.29 is 24.2 Å². The van der Waals surface area contributed by atoms with E-state index in [-0.39, 0.29) is 12.5 Å². The lowest BCUT2D eigenvalue weighted by Crippen LogP contribution is -2.48. The average molecular weight is 410 g/mol. The monoisotopic (exact) mass is 410 g/mol. The molecule has 0 heterocycles. The predicted molar refractivity (Wildman–Crippen MR) is 112 cm³/mol. The molecule has 0 unspecified atom stereocenters. The quantitative estimate of drug-likeness (QED) is 0.697. The van der Waals surface area contributed by atoms with E-state index < -0.39 is 30.6 Å². The minimum absolute atomic E-state index is 0.0711. The third-order valence-electron chi connectivity index (χ3n) is 5.26. The van der Waals surface area contributed by atoms with Gasteiger partial charge in [0.15, 0.2) is 0 Å².